The van der Waals surface area contributed by atoms with Crippen molar-refractivity contribution in [2.24, 2.45) is 7.05 Å². The zero-order valence-electron chi connectivity index (χ0n) is 11.4. The Kier molecular flexibility index (Phi) is 4.24. The number of rotatable bonds is 5. The van der Waals surface area contributed by atoms with Crippen molar-refractivity contribution in [1.29, 1.82) is 0 Å². The van der Waals surface area contributed by atoms with Crippen molar-refractivity contribution in [3.8, 4) is 0 Å². The Morgan fingerprint density at radius 3 is 2.50 bits per heavy atom. The van der Waals surface area contributed by atoms with Gasteiger partial charge in [-0.15, -0.1) is 4.83 Å². The number of sulfonamides is 1. The van der Waals surface area contributed by atoms with E-state index in [1.807, 2.05) is 10.3 Å². The van der Waals surface area contributed by atoms with Gasteiger partial charge < -0.3 is 4.57 Å². The summed E-state index contributed by atoms with van der Waals surface area (Å²) in [5, 5.41) is 10.9. The third-order valence-corrected chi connectivity index (χ3v) is 4.12. The second kappa shape index (κ2) is 5.95. The topological polar surface area (TPSA) is 123 Å². The van der Waals surface area contributed by atoms with E-state index >= 15 is 0 Å². The highest BCUT2D eigenvalue weighted by molar-refractivity contribution is 7.89. The number of carbonyl (C=O) groups excluding carboxylic acids is 1. The van der Waals surface area contributed by atoms with Gasteiger partial charge >= 0.3 is 0 Å². The van der Waals surface area contributed by atoms with Crippen molar-refractivity contribution < 1.29 is 18.1 Å². The first-order valence-electron chi connectivity index (χ1n) is 6.00. The number of nitro groups is 1. The Balaban J connectivity index is 2.21. The fraction of sp³-hybridized carbons (Fsp3) is 0.0833. The quantitative estimate of drug-likeness (QED) is 0.614. The predicted molar refractivity (Wildman–Crippen MR) is 76.3 cm³/mol. The number of hydrogen-bond donors (Lipinski definition) is 2. The molecule has 0 unspecified atom stereocenters. The van der Waals surface area contributed by atoms with Crippen molar-refractivity contribution in [2.75, 3.05) is 0 Å². The SMILES string of the molecule is Cn1cccc1C(=O)NNS(=O)(=O)c1ccccc1[N+](=O)[O-]. The summed E-state index contributed by atoms with van der Waals surface area (Å²) < 4.78 is 25.7. The van der Waals surface area contributed by atoms with Crippen LogP contribution in [0.1, 0.15) is 10.5 Å². The van der Waals surface area contributed by atoms with Crippen LogP contribution in [0.2, 0.25) is 0 Å². The van der Waals surface area contributed by atoms with Crippen LogP contribution in [-0.4, -0.2) is 23.8 Å². The van der Waals surface area contributed by atoms with Gasteiger partial charge in [0.2, 0.25) is 0 Å². The number of nitro benzene ring substituents is 1. The number of aryl methyl sites for hydroxylation is 1. The van der Waals surface area contributed by atoms with Gasteiger partial charge in [0.1, 0.15) is 5.69 Å². The number of nitrogens with one attached hydrogen (secondary N) is 2. The molecule has 0 saturated carbocycles. The van der Waals surface area contributed by atoms with Gasteiger partial charge in [-0.3, -0.25) is 20.3 Å². The van der Waals surface area contributed by atoms with Crippen LogP contribution in [-0.2, 0) is 17.1 Å². The number of carbonyl (C=O) groups is 1. The molecule has 2 aromatic rings. The van der Waals surface area contributed by atoms with Crippen molar-refractivity contribution in [1.82, 2.24) is 14.8 Å². The molecule has 0 spiro atoms. The van der Waals surface area contributed by atoms with Gasteiger partial charge in [0.05, 0.1) is 4.92 Å². The van der Waals surface area contributed by atoms with Crippen molar-refractivity contribution >= 4 is 21.6 Å². The van der Waals surface area contributed by atoms with Gasteiger partial charge in [-0.1, -0.05) is 12.1 Å². The normalized spacial score (nSPS) is 11.1. The lowest BCUT2D eigenvalue weighted by molar-refractivity contribution is -0.387. The van der Waals surface area contributed by atoms with Gasteiger partial charge in [0.25, 0.3) is 21.6 Å². The molecule has 9 nitrogen and oxygen atoms in total. The van der Waals surface area contributed by atoms with Gasteiger partial charge in [0.15, 0.2) is 4.90 Å². The summed E-state index contributed by atoms with van der Waals surface area (Å²) in [7, 11) is -2.65. The van der Waals surface area contributed by atoms with Crippen LogP contribution in [0, 0.1) is 10.1 Å². The Morgan fingerprint density at radius 1 is 1.23 bits per heavy atom. The molecule has 1 amide bonds. The van der Waals surface area contributed by atoms with Gasteiger partial charge in [0, 0.05) is 19.3 Å². The Hall–Kier alpha value is -2.72. The van der Waals surface area contributed by atoms with E-state index in [-0.39, 0.29) is 5.69 Å². The Labute approximate surface area is 125 Å². The van der Waals surface area contributed by atoms with Crippen LogP contribution < -0.4 is 10.3 Å². The molecule has 0 fully saturated rings. The summed E-state index contributed by atoms with van der Waals surface area (Å²) in [4.78, 5) is 23.2. The van der Waals surface area contributed by atoms with Gasteiger partial charge in [-0.05, 0) is 18.2 Å². The number of para-hydroxylation sites is 1. The van der Waals surface area contributed by atoms with Crippen molar-refractivity contribution in [2.45, 2.75) is 4.90 Å². The van der Waals surface area contributed by atoms with E-state index in [4.69, 9.17) is 0 Å². The van der Waals surface area contributed by atoms with Crippen LogP contribution >= 0.6 is 0 Å². The molecule has 1 heterocycles. The molecule has 1 aromatic heterocycles. The molecule has 2 rings (SSSR count). The highest BCUT2D eigenvalue weighted by atomic mass is 32.2. The van der Waals surface area contributed by atoms with E-state index < -0.39 is 31.4 Å². The van der Waals surface area contributed by atoms with Gasteiger partial charge in [-0.2, -0.15) is 0 Å². The summed E-state index contributed by atoms with van der Waals surface area (Å²) in [5.74, 6) is -0.686. The number of nitrogens with zero attached hydrogens (tertiary/aromatic N) is 2. The zero-order valence-corrected chi connectivity index (χ0v) is 12.2. The minimum Gasteiger partial charge on any atom is -0.347 e. The highest BCUT2D eigenvalue weighted by Gasteiger charge is 2.25. The summed E-state index contributed by atoms with van der Waals surface area (Å²) in [6.45, 7) is 0. The number of hydrogen-bond acceptors (Lipinski definition) is 5. The summed E-state index contributed by atoms with van der Waals surface area (Å²) in [6.07, 6.45) is 1.62. The zero-order chi connectivity index (χ0) is 16.3. The lowest BCUT2D eigenvalue weighted by Crippen LogP contribution is -2.42. The number of hydrazine groups is 1. The van der Waals surface area contributed by atoms with E-state index in [2.05, 4.69) is 0 Å². The molecule has 2 N–H and O–H groups in total. The molecule has 10 heteroatoms. The van der Waals surface area contributed by atoms with Crippen LogP contribution in [0.25, 0.3) is 0 Å². The lowest BCUT2D eigenvalue weighted by atomic mass is 10.3. The number of amides is 1. The lowest BCUT2D eigenvalue weighted by Gasteiger charge is -2.09. The molecule has 22 heavy (non-hydrogen) atoms. The minimum atomic E-state index is -4.27. The van der Waals surface area contributed by atoms with Gasteiger partial charge in [-0.25, -0.2) is 8.42 Å². The first-order valence-corrected chi connectivity index (χ1v) is 7.48. The van der Waals surface area contributed by atoms with Crippen LogP contribution in [0.5, 0.6) is 0 Å². The molecular weight excluding hydrogens is 312 g/mol. The molecule has 0 atom stereocenters. The Morgan fingerprint density at radius 2 is 1.91 bits per heavy atom. The van der Waals surface area contributed by atoms with Crippen molar-refractivity contribution in [3.63, 3.8) is 0 Å². The maximum absolute atomic E-state index is 12.1. The molecule has 0 aliphatic carbocycles. The fourth-order valence-corrected chi connectivity index (χ4v) is 2.78. The maximum Gasteiger partial charge on any atom is 0.289 e. The van der Waals surface area contributed by atoms with Crippen LogP contribution in [0.4, 0.5) is 5.69 Å². The minimum absolute atomic E-state index is 0.227. The predicted octanol–water partition coefficient (Wildman–Crippen LogP) is 0.557. The molecule has 1 aromatic carbocycles. The molecule has 116 valence electrons. The average Bonchev–Trinajstić information content (AvgIpc) is 2.91. The number of aromatic nitrogens is 1. The summed E-state index contributed by atoms with van der Waals surface area (Å²) in [5.41, 5.74) is 1.66. The van der Waals surface area contributed by atoms with E-state index in [0.717, 1.165) is 12.1 Å². The van der Waals surface area contributed by atoms with E-state index in [1.165, 1.54) is 22.8 Å². The van der Waals surface area contributed by atoms with Crippen LogP contribution in [0.3, 0.4) is 0 Å². The number of benzene rings is 1. The standard InChI is InChI=1S/C12H12N4O5S/c1-15-8-4-6-10(15)12(17)13-14-22(20,21)11-7-3-2-5-9(11)16(18)19/h2-8,14H,1H3,(H,13,17). The smallest absolute Gasteiger partial charge is 0.289 e. The monoisotopic (exact) mass is 324 g/mol. The second-order valence-corrected chi connectivity index (χ2v) is 5.94. The van der Waals surface area contributed by atoms with Crippen LogP contribution in [0.15, 0.2) is 47.5 Å². The molecule has 0 radical (unpaired) electrons. The molecule has 0 aliphatic rings. The largest absolute Gasteiger partial charge is 0.347 e. The summed E-state index contributed by atoms with van der Waals surface area (Å²) in [6, 6.07) is 7.95. The van der Waals surface area contributed by atoms with Crippen molar-refractivity contribution in [3.05, 3.63) is 58.4 Å². The Bertz CT molecular complexity index is 828. The summed E-state index contributed by atoms with van der Waals surface area (Å²) >= 11 is 0. The first kappa shape index (κ1) is 15.7. The van der Waals surface area contributed by atoms with E-state index in [9.17, 15) is 23.3 Å². The molecular formula is C12H12N4O5S. The second-order valence-electron chi connectivity index (χ2n) is 4.29. The third kappa shape index (κ3) is 3.13. The average molecular weight is 324 g/mol. The molecule has 0 aliphatic heterocycles. The first-order chi connectivity index (χ1) is 10.3. The third-order valence-electron chi connectivity index (χ3n) is 2.83. The molecule has 0 saturated heterocycles. The van der Waals surface area contributed by atoms with E-state index in [1.54, 1.807) is 19.3 Å². The maximum atomic E-state index is 12.1. The van der Waals surface area contributed by atoms with E-state index in [0.29, 0.717) is 0 Å². The highest BCUT2D eigenvalue weighted by Crippen LogP contribution is 2.22. The molecule has 0 bridgehead atoms. The fourth-order valence-electron chi connectivity index (χ4n) is 1.76.